The molecular weight excluding hydrogens is 350 g/mol. The Kier molecular flexibility index (Phi) is 6.01. The Labute approximate surface area is 137 Å². The maximum Gasteiger partial charge on any atom is 0.349 e. The summed E-state index contributed by atoms with van der Waals surface area (Å²) in [5.41, 5.74) is 0.568. The number of aryl methyl sites for hydroxylation is 1. The van der Waals surface area contributed by atoms with Gasteiger partial charge in [-0.2, -0.15) is 23.5 Å². The number of thiophene rings is 1. The van der Waals surface area contributed by atoms with Gasteiger partial charge in [-0.3, -0.25) is 0 Å². The highest BCUT2D eigenvalue weighted by Gasteiger charge is 2.28. The van der Waals surface area contributed by atoms with Crippen LogP contribution < -0.4 is 4.72 Å². The summed E-state index contributed by atoms with van der Waals surface area (Å²) in [6.07, 6.45) is 0. The predicted octanol–water partition coefficient (Wildman–Crippen LogP) is 1.97. The molecule has 1 aromatic rings. The highest BCUT2D eigenvalue weighted by Crippen LogP contribution is 2.28. The van der Waals surface area contributed by atoms with Gasteiger partial charge in [0.1, 0.15) is 9.77 Å². The third-order valence-electron chi connectivity index (χ3n) is 2.94. The Bertz CT molecular complexity index is 605. The molecule has 9 heteroatoms. The molecule has 5 nitrogen and oxygen atoms in total. The van der Waals surface area contributed by atoms with Crippen LogP contribution in [0.5, 0.6) is 0 Å². The van der Waals surface area contributed by atoms with Gasteiger partial charge in [-0.1, -0.05) is 0 Å². The number of carbonyl (C=O) groups is 1. The first-order chi connectivity index (χ1) is 9.95. The van der Waals surface area contributed by atoms with Crippen molar-refractivity contribution in [2.24, 2.45) is 0 Å². The summed E-state index contributed by atoms with van der Waals surface area (Å²) in [7, 11) is -2.45. The number of hydrogen-bond donors (Lipinski definition) is 1. The zero-order valence-electron chi connectivity index (χ0n) is 11.7. The third-order valence-corrected chi connectivity index (χ3v) is 8.61. The molecule has 1 atom stereocenters. The van der Waals surface area contributed by atoms with Crippen LogP contribution in [0.3, 0.4) is 0 Å². The topological polar surface area (TPSA) is 72.5 Å². The number of thioether (sulfide) groups is 2. The van der Waals surface area contributed by atoms with E-state index in [4.69, 9.17) is 0 Å². The molecule has 1 aromatic heterocycles. The minimum Gasteiger partial charge on any atom is -0.465 e. The molecule has 1 aliphatic rings. The van der Waals surface area contributed by atoms with Crippen molar-refractivity contribution < 1.29 is 17.9 Å². The van der Waals surface area contributed by atoms with Crippen molar-refractivity contribution in [1.29, 1.82) is 0 Å². The fraction of sp³-hybridized carbons (Fsp3) is 0.583. The number of sulfonamides is 1. The van der Waals surface area contributed by atoms with Crippen LogP contribution in [-0.4, -0.2) is 50.6 Å². The van der Waals surface area contributed by atoms with Gasteiger partial charge >= 0.3 is 5.97 Å². The molecule has 21 heavy (non-hydrogen) atoms. The number of methoxy groups -OCH3 is 1. The van der Waals surface area contributed by atoms with Gasteiger partial charge in [0.05, 0.1) is 7.11 Å². The molecule has 2 rings (SSSR count). The van der Waals surface area contributed by atoms with Gasteiger partial charge in [-0.25, -0.2) is 17.9 Å². The number of ether oxygens (including phenoxy) is 1. The molecule has 0 spiro atoms. The molecule has 0 saturated carbocycles. The number of esters is 1. The molecule has 1 N–H and O–H groups in total. The average molecular weight is 368 g/mol. The molecule has 2 heterocycles. The number of rotatable bonds is 5. The van der Waals surface area contributed by atoms with Gasteiger partial charge < -0.3 is 4.74 Å². The minimum atomic E-state index is -3.70. The van der Waals surface area contributed by atoms with Crippen molar-refractivity contribution in [3.05, 3.63) is 15.8 Å². The Hall–Kier alpha value is -0.220. The lowest BCUT2D eigenvalue weighted by atomic mass is 10.3. The molecule has 1 fully saturated rings. The normalized spacial score (nSPS) is 19.4. The molecule has 1 aliphatic heterocycles. The van der Waals surface area contributed by atoms with Gasteiger partial charge in [0.2, 0.25) is 10.0 Å². The molecule has 1 unspecified atom stereocenters. The second-order valence-corrected chi connectivity index (χ2v) is 9.63. The van der Waals surface area contributed by atoms with E-state index in [-0.39, 0.29) is 15.0 Å². The lowest BCUT2D eigenvalue weighted by Gasteiger charge is -2.21. The Morgan fingerprint density at radius 2 is 2.24 bits per heavy atom. The fourth-order valence-electron chi connectivity index (χ4n) is 1.93. The quantitative estimate of drug-likeness (QED) is 0.802. The van der Waals surface area contributed by atoms with Crippen LogP contribution in [0.2, 0.25) is 0 Å². The van der Waals surface area contributed by atoms with E-state index in [0.717, 1.165) is 28.6 Å². The molecular formula is C12H17NO4S4. The maximum atomic E-state index is 12.5. The first-order valence-corrected chi connectivity index (χ1v) is 10.9. The van der Waals surface area contributed by atoms with Crippen LogP contribution in [0.4, 0.5) is 0 Å². The van der Waals surface area contributed by atoms with Crippen molar-refractivity contribution in [1.82, 2.24) is 4.72 Å². The first-order valence-electron chi connectivity index (χ1n) is 6.31. The highest BCUT2D eigenvalue weighted by molar-refractivity contribution is 8.06. The summed E-state index contributed by atoms with van der Waals surface area (Å²) < 4.78 is 32.2. The minimum absolute atomic E-state index is 0.0489. The van der Waals surface area contributed by atoms with Crippen LogP contribution in [0, 0.1) is 6.92 Å². The molecule has 0 aromatic carbocycles. The monoisotopic (exact) mass is 367 g/mol. The molecule has 0 amide bonds. The van der Waals surface area contributed by atoms with Crippen molar-refractivity contribution in [2.45, 2.75) is 17.1 Å². The van der Waals surface area contributed by atoms with E-state index in [0.29, 0.717) is 12.1 Å². The van der Waals surface area contributed by atoms with Crippen LogP contribution >= 0.6 is 34.9 Å². The lowest BCUT2D eigenvalue weighted by Crippen LogP contribution is -2.34. The molecule has 0 radical (unpaired) electrons. The summed E-state index contributed by atoms with van der Waals surface area (Å²) in [6.45, 7) is 2.07. The van der Waals surface area contributed by atoms with Gasteiger partial charge in [0.25, 0.3) is 0 Å². The van der Waals surface area contributed by atoms with Crippen molar-refractivity contribution in [3.8, 4) is 0 Å². The second-order valence-electron chi connectivity index (χ2n) is 4.49. The maximum absolute atomic E-state index is 12.5. The van der Waals surface area contributed by atoms with E-state index in [2.05, 4.69) is 9.46 Å². The van der Waals surface area contributed by atoms with E-state index in [1.54, 1.807) is 24.1 Å². The van der Waals surface area contributed by atoms with Gasteiger partial charge in [-0.15, -0.1) is 11.3 Å². The lowest BCUT2D eigenvalue weighted by molar-refractivity contribution is 0.0602. The zero-order chi connectivity index (χ0) is 15.5. The van der Waals surface area contributed by atoms with Crippen molar-refractivity contribution >= 4 is 50.9 Å². The van der Waals surface area contributed by atoms with Gasteiger partial charge in [-0.05, 0) is 17.9 Å². The third kappa shape index (κ3) is 4.16. The van der Waals surface area contributed by atoms with Crippen molar-refractivity contribution in [2.75, 3.05) is 30.9 Å². The van der Waals surface area contributed by atoms with Crippen LogP contribution in [0.25, 0.3) is 0 Å². The smallest absolute Gasteiger partial charge is 0.349 e. The van der Waals surface area contributed by atoms with Crippen LogP contribution in [-0.2, 0) is 14.8 Å². The highest BCUT2D eigenvalue weighted by atomic mass is 32.2. The molecule has 0 aliphatic carbocycles. The SMILES string of the molecule is COC(=O)c1scc(C)c1S(=O)(=O)NCC1CSCCS1. The first kappa shape index (κ1) is 17.1. The summed E-state index contributed by atoms with van der Waals surface area (Å²) in [5.74, 6) is 2.49. The molecule has 1 saturated heterocycles. The van der Waals surface area contributed by atoms with E-state index in [1.165, 1.54) is 7.11 Å². The standard InChI is InChI=1S/C12H17NO4S4/c1-8-6-20-10(12(14)17-2)11(8)21(15,16)13-5-9-7-18-3-4-19-9/h6,9,13H,3-5,7H2,1-2H3. The number of carbonyl (C=O) groups excluding carboxylic acids is 1. The van der Waals surface area contributed by atoms with Crippen molar-refractivity contribution in [3.63, 3.8) is 0 Å². The van der Waals surface area contributed by atoms with E-state index in [9.17, 15) is 13.2 Å². The summed E-state index contributed by atoms with van der Waals surface area (Å²) in [5, 5.41) is 1.94. The average Bonchev–Trinajstić information content (AvgIpc) is 2.88. The molecule has 0 bridgehead atoms. The summed E-state index contributed by atoms with van der Waals surface area (Å²) in [4.78, 5) is 11.9. The van der Waals surface area contributed by atoms with Gasteiger partial charge in [0.15, 0.2) is 0 Å². The van der Waals surface area contributed by atoms with E-state index in [1.807, 2.05) is 11.8 Å². The summed E-state index contributed by atoms with van der Waals surface area (Å²) >= 11 is 4.72. The Morgan fingerprint density at radius 1 is 1.48 bits per heavy atom. The van der Waals surface area contributed by atoms with Crippen LogP contribution in [0.15, 0.2) is 10.3 Å². The van der Waals surface area contributed by atoms with Gasteiger partial charge in [0, 0.05) is 29.1 Å². The fourth-order valence-corrected chi connectivity index (χ4v) is 7.43. The zero-order valence-corrected chi connectivity index (χ0v) is 15.0. The largest absolute Gasteiger partial charge is 0.465 e. The predicted molar refractivity (Wildman–Crippen MR) is 89.2 cm³/mol. The Balaban J connectivity index is 2.15. The number of nitrogens with one attached hydrogen (secondary N) is 1. The number of hydrogen-bond acceptors (Lipinski definition) is 7. The molecule has 118 valence electrons. The Morgan fingerprint density at radius 3 is 2.86 bits per heavy atom. The van der Waals surface area contributed by atoms with E-state index >= 15 is 0 Å². The summed E-state index contributed by atoms with van der Waals surface area (Å²) in [6, 6.07) is 0. The second kappa shape index (κ2) is 7.36. The van der Waals surface area contributed by atoms with E-state index < -0.39 is 16.0 Å². The van der Waals surface area contributed by atoms with Crippen LogP contribution in [0.1, 0.15) is 15.2 Å².